The maximum absolute atomic E-state index is 13.4. The molecule has 216 valence electrons. The molecule has 0 radical (unpaired) electrons. The Labute approximate surface area is 246 Å². The molecule has 0 aliphatic carbocycles. The third-order valence-electron chi connectivity index (χ3n) is 6.79. The van der Waals surface area contributed by atoms with E-state index in [9.17, 15) is 9.59 Å². The molecule has 5 rings (SSSR count). The standard InChI is InChI=1S/C34H34N2O6/c37-33(29-15-7-9-17-31(29)41-25-23-39-27-11-3-1-4-12-27)35-19-21-36(22-20-35)34(38)30-16-8-10-18-32(30)42-26-24-40-28-13-5-2-6-14-28/h1-18H,19-26H2. The lowest BCUT2D eigenvalue weighted by atomic mass is 10.1. The van der Waals surface area contributed by atoms with E-state index >= 15 is 0 Å². The van der Waals surface area contributed by atoms with Crippen molar-refractivity contribution in [3.63, 3.8) is 0 Å². The van der Waals surface area contributed by atoms with Crippen LogP contribution >= 0.6 is 0 Å². The van der Waals surface area contributed by atoms with E-state index in [1.807, 2.05) is 84.9 Å². The maximum atomic E-state index is 13.4. The molecule has 1 heterocycles. The molecule has 0 N–H and O–H groups in total. The number of rotatable bonds is 12. The number of piperazine rings is 1. The number of hydrogen-bond acceptors (Lipinski definition) is 6. The van der Waals surface area contributed by atoms with Crippen molar-refractivity contribution in [3.8, 4) is 23.0 Å². The molecular formula is C34H34N2O6. The number of carbonyl (C=O) groups is 2. The highest BCUT2D eigenvalue weighted by molar-refractivity contribution is 5.98. The predicted octanol–water partition coefficient (Wildman–Crippen LogP) is 5.20. The van der Waals surface area contributed by atoms with Crippen LogP contribution in [-0.2, 0) is 0 Å². The molecule has 0 aromatic heterocycles. The Morgan fingerprint density at radius 1 is 0.452 bits per heavy atom. The van der Waals surface area contributed by atoms with Gasteiger partial charge in [0, 0.05) is 26.2 Å². The summed E-state index contributed by atoms with van der Waals surface area (Å²) in [5.74, 6) is 2.32. The van der Waals surface area contributed by atoms with Crippen molar-refractivity contribution in [2.24, 2.45) is 0 Å². The first-order chi connectivity index (χ1) is 20.7. The second-order valence-corrected chi connectivity index (χ2v) is 9.60. The second kappa shape index (κ2) is 14.6. The van der Waals surface area contributed by atoms with Crippen molar-refractivity contribution in [1.82, 2.24) is 9.80 Å². The molecule has 4 aromatic rings. The van der Waals surface area contributed by atoms with Crippen LogP contribution in [0, 0.1) is 0 Å². The highest BCUT2D eigenvalue weighted by Gasteiger charge is 2.28. The minimum Gasteiger partial charge on any atom is -0.490 e. The summed E-state index contributed by atoms with van der Waals surface area (Å²) in [7, 11) is 0. The molecule has 8 heteroatoms. The molecule has 8 nitrogen and oxygen atoms in total. The van der Waals surface area contributed by atoms with E-state index in [0.29, 0.717) is 75.2 Å². The first-order valence-corrected chi connectivity index (χ1v) is 14.1. The first kappa shape index (κ1) is 28.5. The van der Waals surface area contributed by atoms with Gasteiger partial charge in [-0.3, -0.25) is 9.59 Å². The molecule has 1 fully saturated rings. The molecule has 0 unspecified atom stereocenters. The number of nitrogens with zero attached hydrogens (tertiary/aromatic N) is 2. The van der Waals surface area contributed by atoms with Gasteiger partial charge in [0.05, 0.1) is 11.1 Å². The van der Waals surface area contributed by atoms with Crippen molar-refractivity contribution in [2.45, 2.75) is 0 Å². The largest absolute Gasteiger partial charge is 0.490 e. The van der Waals surface area contributed by atoms with Gasteiger partial charge in [-0.1, -0.05) is 60.7 Å². The van der Waals surface area contributed by atoms with E-state index in [-0.39, 0.29) is 11.8 Å². The Kier molecular flexibility index (Phi) is 9.92. The molecule has 0 saturated carbocycles. The number of para-hydroxylation sites is 4. The molecule has 0 atom stereocenters. The monoisotopic (exact) mass is 566 g/mol. The lowest BCUT2D eigenvalue weighted by Gasteiger charge is -2.35. The lowest BCUT2D eigenvalue weighted by Crippen LogP contribution is -2.50. The van der Waals surface area contributed by atoms with E-state index in [1.165, 1.54) is 0 Å². The molecule has 1 saturated heterocycles. The van der Waals surface area contributed by atoms with E-state index < -0.39 is 0 Å². The van der Waals surface area contributed by atoms with Crippen LogP contribution in [0.2, 0.25) is 0 Å². The predicted molar refractivity (Wildman–Crippen MR) is 160 cm³/mol. The highest BCUT2D eigenvalue weighted by atomic mass is 16.5. The lowest BCUT2D eigenvalue weighted by molar-refractivity contribution is 0.0530. The first-order valence-electron chi connectivity index (χ1n) is 14.1. The average molecular weight is 567 g/mol. The molecule has 1 aliphatic heterocycles. The van der Waals surface area contributed by atoms with Crippen LogP contribution in [0.1, 0.15) is 20.7 Å². The quantitative estimate of drug-likeness (QED) is 0.220. The third kappa shape index (κ3) is 7.60. The fourth-order valence-corrected chi connectivity index (χ4v) is 4.65. The van der Waals surface area contributed by atoms with Crippen molar-refractivity contribution in [3.05, 3.63) is 120 Å². The Balaban J connectivity index is 1.11. The van der Waals surface area contributed by atoms with Crippen molar-refractivity contribution in [2.75, 3.05) is 52.6 Å². The summed E-state index contributed by atoms with van der Waals surface area (Å²) < 4.78 is 23.2. The molecule has 0 bridgehead atoms. The van der Waals surface area contributed by atoms with Gasteiger partial charge in [0.2, 0.25) is 0 Å². The van der Waals surface area contributed by atoms with Crippen LogP contribution in [-0.4, -0.2) is 74.2 Å². The van der Waals surface area contributed by atoms with Gasteiger partial charge in [0.25, 0.3) is 11.8 Å². The Morgan fingerprint density at radius 3 is 1.19 bits per heavy atom. The average Bonchev–Trinajstić information content (AvgIpc) is 3.06. The van der Waals surface area contributed by atoms with Crippen LogP contribution in [0.15, 0.2) is 109 Å². The summed E-state index contributed by atoms with van der Waals surface area (Å²) in [6, 6.07) is 33.5. The van der Waals surface area contributed by atoms with E-state index in [0.717, 1.165) is 11.5 Å². The van der Waals surface area contributed by atoms with Gasteiger partial charge < -0.3 is 28.7 Å². The number of hydrogen-bond donors (Lipinski definition) is 0. The van der Waals surface area contributed by atoms with Gasteiger partial charge in [-0.05, 0) is 48.5 Å². The second-order valence-electron chi connectivity index (χ2n) is 9.60. The van der Waals surface area contributed by atoms with Crippen LogP contribution in [0.4, 0.5) is 0 Å². The molecule has 0 spiro atoms. The summed E-state index contributed by atoms with van der Waals surface area (Å²) in [5, 5.41) is 0. The number of benzene rings is 4. The minimum absolute atomic E-state index is 0.121. The van der Waals surface area contributed by atoms with Gasteiger partial charge in [-0.15, -0.1) is 0 Å². The van der Waals surface area contributed by atoms with E-state index in [4.69, 9.17) is 18.9 Å². The Bertz CT molecular complexity index is 1330. The van der Waals surface area contributed by atoms with Crippen LogP contribution < -0.4 is 18.9 Å². The fraction of sp³-hybridized carbons (Fsp3) is 0.235. The maximum Gasteiger partial charge on any atom is 0.257 e. The smallest absolute Gasteiger partial charge is 0.257 e. The normalized spacial score (nSPS) is 12.9. The van der Waals surface area contributed by atoms with Crippen LogP contribution in [0.25, 0.3) is 0 Å². The SMILES string of the molecule is O=C(c1ccccc1OCCOc1ccccc1)N1CCN(C(=O)c2ccccc2OCCOc2ccccc2)CC1. The number of carbonyl (C=O) groups excluding carboxylic acids is 2. The molecule has 1 aliphatic rings. The van der Waals surface area contributed by atoms with Crippen LogP contribution in [0.5, 0.6) is 23.0 Å². The van der Waals surface area contributed by atoms with Gasteiger partial charge in [0.1, 0.15) is 49.4 Å². The van der Waals surface area contributed by atoms with Crippen molar-refractivity contribution >= 4 is 11.8 Å². The van der Waals surface area contributed by atoms with Gasteiger partial charge in [0.15, 0.2) is 0 Å². The number of ether oxygens (including phenoxy) is 4. The summed E-state index contributed by atoms with van der Waals surface area (Å²) in [6.07, 6.45) is 0. The van der Waals surface area contributed by atoms with E-state index in [2.05, 4.69) is 0 Å². The fourth-order valence-electron chi connectivity index (χ4n) is 4.65. The summed E-state index contributed by atoms with van der Waals surface area (Å²) in [5.41, 5.74) is 0.988. The van der Waals surface area contributed by atoms with E-state index in [1.54, 1.807) is 34.1 Å². The topological polar surface area (TPSA) is 77.5 Å². The molecular weight excluding hydrogens is 532 g/mol. The minimum atomic E-state index is -0.121. The Hall–Kier alpha value is -4.98. The highest BCUT2D eigenvalue weighted by Crippen LogP contribution is 2.23. The zero-order valence-electron chi connectivity index (χ0n) is 23.4. The summed E-state index contributed by atoms with van der Waals surface area (Å²) >= 11 is 0. The zero-order chi connectivity index (χ0) is 29.0. The molecule has 2 amide bonds. The Morgan fingerprint density at radius 2 is 0.786 bits per heavy atom. The van der Waals surface area contributed by atoms with Crippen LogP contribution in [0.3, 0.4) is 0 Å². The van der Waals surface area contributed by atoms with Gasteiger partial charge >= 0.3 is 0 Å². The van der Waals surface area contributed by atoms with Crippen molar-refractivity contribution < 1.29 is 28.5 Å². The summed E-state index contributed by atoms with van der Waals surface area (Å²) in [6.45, 7) is 3.02. The van der Waals surface area contributed by atoms with Crippen molar-refractivity contribution in [1.29, 1.82) is 0 Å². The van der Waals surface area contributed by atoms with Gasteiger partial charge in [-0.2, -0.15) is 0 Å². The zero-order valence-corrected chi connectivity index (χ0v) is 23.4. The summed E-state index contributed by atoms with van der Waals surface area (Å²) in [4.78, 5) is 30.3. The van der Waals surface area contributed by atoms with Gasteiger partial charge in [-0.25, -0.2) is 0 Å². The molecule has 4 aromatic carbocycles. The number of amides is 2. The molecule has 42 heavy (non-hydrogen) atoms. The third-order valence-corrected chi connectivity index (χ3v) is 6.79.